The first-order chi connectivity index (χ1) is 13.8. The van der Waals surface area contributed by atoms with E-state index in [1.807, 2.05) is 6.92 Å². The van der Waals surface area contributed by atoms with Crippen molar-refractivity contribution in [2.24, 2.45) is 0 Å². The highest BCUT2D eigenvalue weighted by molar-refractivity contribution is 7.92. The van der Waals surface area contributed by atoms with Crippen molar-refractivity contribution >= 4 is 33.2 Å². The van der Waals surface area contributed by atoms with E-state index in [-0.39, 0.29) is 21.9 Å². The molecule has 7 heteroatoms. The molecule has 2 aromatic carbocycles. The van der Waals surface area contributed by atoms with Crippen molar-refractivity contribution in [3.63, 3.8) is 0 Å². The molecule has 1 saturated carbocycles. The van der Waals surface area contributed by atoms with Crippen LogP contribution in [0.3, 0.4) is 0 Å². The Morgan fingerprint density at radius 3 is 2.21 bits per heavy atom. The first-order valence-electron chi connectivity index (χ1n) is 10.0. The number of anilines is 1. The number of aryl methyl sites for hydroxylation is 1. The van der Waals surface area contributed by atoms with Crippen molar-refractivity contribution in [1.82, 2.24) is 5.32 Å². The summed E-state index contributed by atoms with van der Waals surface area (Å²) in [4.78, 5) is 12.8. The van der Waals surface area contributed by atoms with Gasteiger partial charge in [0.15, 0.2) is 0 Å². The number of hydrogen-bond acceptors (Lipinski definition) is 3. The fraction of sp³-hybridized carbons (Fsp3) is 0.409. The average Bonchev–Trinajstić information content (AvgIpc) is 2.64. The topological polar surface area (TPSA) is 75.3 Å². The van der Waals surface area contributed by atoms with E-state index in [1.54, 1.807) is 36.4 Å². The number of benzene rings is 2. The fourth-order valence-electron chi connectivity index (χ4n) is 3.56. The van der Waals surface area contributed by atoms with Gasteiger partial charge in [0.25, 0.3) is 15.9 Å². The minimum atomic E-state index is -3.72. The lowest BCUT2D eigenvalue weighted by molar-refractivity contribution is 0.0930. The second kappa shape index (κ2) is 9.63. The summed E-state index contributed by atoms with van der Waals surface area (Å²) in [7, 11) is -3.72. The van der Waals surface area contributed by atoms with Gasteiger partial charge in [-0.3, -0.25) is 9.52 Å². The molecule has 0 bridgehead atoms. The molecule has 2 N–H and O–H groups in total. The van der Waals surface area contributed by atoms with Crippen LogP contribution in [0.1, 0.15) is 60.9 Å². The molecular weight excluding hydrogens is 408 g/mol. The highest BCUT2D eigenvalue weighted by Gasteiger charge is 2.19. The van der Waals surface area contributed by atoms with Gasteiger partial charge in [0, 0.05) is 6.04 Å². The van der Waals surface area contributed by atoms with Gasteiger partial charge in [0.05, 0.1) is 21.2 Å². The molecule has 2 aromatic rings. The summed E-state index contributed by atoms with van der Waals surface area (Å²) in [5, 5.41) is 3.30. The zero-order valence-corrected chi connectivity index (χ0v) is 18.2. The molecule has 0 aliphatic heterocycles. The summed E-state index contributed by atoms with van der Waals surface area (Å²) in [5.74, 6) is -0.214. The van der Waals surface area contributed by atoms with Crippen LogP contribution in [0.25, 0.3) is 0 Å². The van der Waals surface area contributed by atoms with Crippen LogP contribution >= 0.6 is 11.6 Å². The predicted octanol–water partition coefficient (Wildman–Crippen LogP) is 5.29. The minimum absolute atomic E-state index is 0.165. The molecule has 29 heavy (non-hydrogen) atoms. The van der Waals surface area contributed by atoms with Gasteiger partial charge >= 0.3 is 0 Å². The first-order valence-corrected chi connectivity index (χ1v) is 11.9. The lowest BCUT2D eigenvalue weighted by Crippen LogP contribution is -2.35. The third-order valence-electron chi connectivity index (χ3n) is 5.24. The predicted molar refractivity (Wildman–Crippen MR) is 117 cm³/mol. The second-order valence-corrected chi connectivity index (χ2v) is 9.72. The molecule has 1 aliphatic carbocycles. The summed E-state index contributed by atoms with van der Waals surface area (Å²) < 4.78 is 27.6. The van der Waals surface area contributed by atoms with Crippen molar-refractivity contribution in [3.05, 3.63) is 58.6 Å². The van der Waals surface area contributed by atoms with Crippen molar-refractivity contribution in [2.75, 3.05) is 4.72 Å². The zero-order valence-electron chi connectivity index (χ0n) is 16.6. The van der Waals surface area contributed by atoms with E-state index < -0.39 is 10.0 Å². The largest absolute Gasteiger partial charge is 0.349 e. The van der Waals surface area contributed by atoms with Crippen LogP contribution in [0.5, 0.6) is 0 Å². The fourth-order valence-corrected chi connectivity index (χ4v) is 4.87. The van der Waals surface area contributed by atoms with Crippen molar-refractivity contribution in [2.45, 2.75) is 62.8 Å². The number of halogens is 1. The van der Waals surface area contributed by atoms with Crippen molar-refractivity contribution in [1.29, 1.82) is 0 Å². The Labute approximate surface area is 177 Å². The molecule has 156 valence electrons. The number of rotatable bonds is 5. The van der Waals surface area contributed by atoms with Crippen LogP contribution < -0.4 is 10.0 Å². The highest BCUT2D eigenvalue weighted by Crippen LogP contribution is 2.24. The highest BCUT2D eigenvalue weighted by atomic mass is 35.5. The molecule has 1 aliphatic rings. The Bertz CT molecular complexity index is 951. The van der Waals surface area contributed by atoms with E-state index in [9.17, 15) is 13.2 Å². The van der Waals surface area contributed by atoms with E-state index in [0.29, 0.717) is 11.3 Å². The monoisotopic (exact) mass is 434 g/mol. The lowest BCUT2D eigenvalue weighted by Gasteiger charge is -2.21. The van der Waals surface area contributed by atoms with Gasteiger partial charge in [-0.05, 0) is 50.1 Å². The van der Waals surface area contributed by atoms with E-state index in [2.05, 4.69) is 10.0 Å². The Balaban J connectivity index is 1.69. The molecule has 1 amide bonds. The summed E-state index contributed by atoms with van der Waals surface area (Å²) in [6, 6.07) is 11.3. The average molecular weight is 435 g/mol. The molecule has 0 radical (unpaired) electrons. The molecule has 0 atom stereocenters. The summed E-state index contributed by atoms with van der Waals surface area (Å²) >= 11 is 6.30. The minimum Gasteiger partial charge on any atom is -0.349 e. The number of carbonyl (C=O) groups excluding carboxylic acids is 1. The molecule has 0 heterocycles. The van der Waals surface area contributed by atoms with E-state index in [1.165, 1.54) is 25.3 Å². The number of hydrogen-bond donors (Lipinski definition) is 2. The van der Waals surface area contributed by atoms with Crippen LogP contribution in [-0.2, 0) is 10.0 Å². The Morgan fingerprint density at radius 1 is 0.966 bits per heavy atom. The van der Waals surface area contributed by atoms with Gasteiger partial charge in [-0.2, -0.15) is 0 Å². The van der Waals surface area contributed by atoms with Gasteiger partial charge in [0.2, 0.25) is 0 Å². The first kappa shape index (κ1) is 21.7. The zero-order chi connectivity index (χ0) is 20.9. The van der Waals surface area contributed by atoms with Crippen LogP contribution in [0, 0.1) is 6.92 Å². The molecule has 0 aromatic heterocycles. The van der Waals surface area contributed by atoms with E-state index >= 15 is 0 Å². The Hall–Kier alpha value is -2.05. The van der Waals surface area contributed by atoms with Gasteiger partial charge in [-0.15, -0.1) is 0 Å². The Morgan fingerprint density at radius 2 is 1.59 bits per heavy atom. The third-order valence-corrected chi connectivity index (χ3v) is 6.95. The van der Waals surface area contributed by atoms with Crippen LogP contribution in [0.2, 0.25) is 5.02 Å². The SMILES string of the molecule is Cc1ccc(S(=O)(=O)Nc2ccc(C(=O)NC3CCCCCCC3)c(Cl)c2)cc1. The van der Waals surface area contributed by atoms with Crippen LogP contribution in [0.15, 0.2) is 47.4 Å². The van der Waals surface area contributed by atoms with Crippen LogP contribution in [0.4, 0.5) is 5.69 Å². The van der Waals surface area contributed by atoms with Gasteiger partial charge in [-0.25, -0.2) is 8.42 Å². The van der Waals surface area contributed by atoms with E-state index in [0.717, 1.165) is 31.2 Å². The Kier molecular flexibility index (Phi) is 7.19. The molecule has 1 fully saturated rings. The molecule has 5 nitrogen and oxygen atoms in total. The molecule has 0 saturated heterocycles. The molecule has 0 spiro atoms. The number of amides is 1. The maximum atomic E-state index is 12.6. The maximum Gasteiger partial charge on any atom is 0.261 e. The molecule has 0 unspecified atom stereocenters. The van der Waals surface area contributed by atoms with Gasteiger partial charge in [0.1, 0.15) is 0 Å². The van der Waals surface area contributed by atoms with Crippen LogP contribution in [-0.4, -0.2) is 20.4 Å². The maximum absolute atomic E-state index is 12.6. The standard InChI is InChI=1S/C22H27ClN2O3S/c1-16-9-12-19(13-10-16)29(27,28)25-18-11-14-20(21(23)15-18)22(26)24-17-7-5-3-2-4-6-8-17/h9-15,17,25H,2-8H2,1H3,(H,24,26). The number of sulfonamides is 1. The van der Waals surface area contributed by atoms with Gasteiger partial charge < -0.3 is 5.32 Å². The smallest absolute Gasteiger partial charge is 0.261 e. The lowest BCUT2D eigenvalue weighted by atomic mass is 9.96. The van der Waals surface area contributed by atoms with Gasteiger partial charge in [-0.1, -0.05) is 61.4 Å². The second-order valence-electron chi connectivity index (χ2n) is 7.63. The summed E-state index contributed by atoms with van der Waals surface area (Å²) in [6.07, 6.45) is 7.91. The van der Waals surface area contributed by atoms with E-state index in [4.69, 9.17) is 11.6 Å². The molecule has 3 rings (SSSR count). The third kappa shape index (κ3) is 5.97. The quantitative estimate of drug-likeness (QED) is 0.671. The normalized spacial score (nSPS) is 15.9. The summed E-state index contributed by atoms with van der Waals surface area (Å²) in [6.45, 7) is 1.89. The van der Waals surface area contributed by atoms with Crippen molar-refractivity contribution in [3.8, 4) is 0 Å². The van der Waals surface area contributed by atoms with Crippen molar-refractivity contribution < 1.29 is 13.2 Å². The number of carbonyl (C=O) groups is 1. The summed E-state index contributed by atoms with van der Waals surface area (Å²) in [5.41, 5.74) is 1.65. The number of nitrogens with one attached hydrogen (secondary N) is 2. The molecular formula is C22H27ClN2O3S.